The molecule has 2 aromatic rings. The summed E-state index contributed by atoms with van der Waals surface area (Å²) in [4.78, 5) is 24.6. The summed E-state index contributed by atoms with van der Waals surface area (Å²) in [6.07, 6.45) is -3.89. The van der Waals surface area contributed by atoms with E-state index in [-0.39, 0.29) is 17.5 Å². The van der Waals surface area contributed by atoms with Gasteiger partial charge < -0.3 is 10.2 Å². The maximum atomic E-state index is 12.9. The molecule has 0 atom stereocenters. The number of amides is 1. The third-order valence-electron chi connectivity index (χ3n) is 4.97. The van der Waals surface area contributed by atoms with Gasteiger partial charge in [0.05, 0.1) is 22.1 Å². The first-order valence-corrected chi connectivity index (χ1v) is 9.10. The smallest absolute Gasteiger partial charge is 0.366 e. The van der Waals surface area contributed by atoms with Gasteiger partial charge in [0.25, 0.3) is 5.69 Å². The monoisotopic (exact) mass is 418 g/mol. The van der Waals surface area contributed by atoms with Crippen LogP contribution in [0.4, 0.5) is 30.2 Å². The van der Waals surface area contributed by atoms with E-state index in [0.717, 1.165) is 12.1 Å². The van der Waals surface area contributed by atoms with Crippen LogP contribution in [0.5, 0.6) is 0 Å². The van der Waals surface area contributed by atoms with E-state index in [2.05, 4.69) is 5.32 Å². The van der Waals surface area contributed by atoms with E-state index in [0.29, 0.717) is 43.2 Å². The number of benzene rings is 2. The molecule has 7 nitrogen and oxygen atoms in total. The number of carbonyl (C=O) groups excluding carboxylic acids is 1. The van der Waals surface area contributed by atoms with E-state index in [1.54, 1.807) is 29.2 Å². The van der Waals surface area contributed by atoms with Crippen molar-refractivity contribution in [2.24, 2.45) is 5.92 Å². The molecule has 1 heterocycles. The summed E-state index contributed by atoms with van der Waals surface area (Å²) in [6.45, 7) is 0.588. The number of nitriles is 1. The van der Waals surface area contributed by atoms with E-state index in [4.69, 9.17) is 5.26 Å². The second-order valence-electron chi connectivity index (χ2n) is 6.90. The van der Waals surface area contributed by atoms with E-state index in [1.165, 1.54) is 0 Å². The molecule has 1 amide bonds. The summed E-state index contributed by atoms with van der Waals surface area (Å²) in [5.41, 5.74) is -0.668. The minimum Gasteiger partial charge on any atom is -0.366 e. The number of nitrogens with zero attached hydrogens (tertiary/aromatic N) is 3. The second-order valence-corrected chi connectivity index (χ2v) is 6.90. The van der Waals surface area contributed by atoms with Crippen molar-refractivity contribution in [3.8, 4) is 6.07 Å². The maximum absolute atomic E-state index is 12.9. The van der Waals surface area contributed by atoms with Crippen molar-refractivity contribution in [2.45, 2.75) is 19.0 Å². The van der Waals surface area contributed by atoms with Crippen LogP contribution in [0, 0.1) is 27.4 Å². The van der Waals surface area contributed by atoms with Gasteiger partial charge in [-0.1, -0.05) is 6.07 Å². The fourth-order valence-corrected chi connectivity index (χ4v) is 3.41. The van der Waals surface area contributed by atoms with Crippen LogP contribution >= 0.6 is 0 Å². The molecule has 1 aliphatic heterocycles. The number of rotatable bonds is 4. The molecule has 0 aromatic heterocycles. The molecule has 0 saturated carbocycles. The first kappa shape index (κ1) is 21.1. The van der Waals surface area contributed by atoms with Crippen molar-refractivity contribution < 1.29 is 22.9 Å². The van der Waals surface area contributed by atoms with Gasteiger partial charge in [0, 0.05) is 30.8 Å². The zero-order valence-corrected chi connectivity index (χ0v) is 15.6. The van der Waals surface area contributed by atoms with Gasteiger partial charge in [0.2, 0.25) is 5.91 Å². The van der Waals surface area contributed by atoms with Crippen LogP contribution < -0.4 is 10.2 Å². The van der Waals surface area contributed by atoms with Crippen molar-refractivity contribution in [3.63, 3.8) is 0 Å². The minimum atomic E-state index is -4.67. The lowest BCUT2D eigenvalue weighted by Gasteiger charge is -2.32. The van der Waals surface area contributed by atoms with Gasteiger partial charge in [-0.15, -0.1) is 0 Å². The summed E-state index contributed by atoms with van der Waals surface area (Å²) < 4.78 is 38.6. The van der Waals surface area contributed by atoms with E-state index in [1.807, 2.05) is 6.07 Å². The number of halogens is 3. The van der Waals surface area contributed by atoms with E-state index < -0.39 is 22.4 Å². The maximum Gasteiger partial charge on any atom is 0.416 e. The predicted octanol–water partition coefficient (Wildman–Crippen LogP) is 4.34. The minimum absolute atomic E-state index is 0.105. The molecule has 0 unspecified atom stereocenters. The van der Waals surface area contributed by atoms with Gasteiger partial charge in [-0.2, -0.15) is 18.4 Å². The Labute approximate surface area is 169 Å². The molecule has 2 aromatic carbocycles. The Hall–Kier alpha value is -3.61. The second kappa shape index (κ2) is 8.41. The van der Waals surface area contributed by atoms with Gasteiger partial charge in [0.1, 0.15) is 5.69 Å². The summed E-state index contributed by atoms with van der Waals surface area (Å²) in [5, 5.41) is 23.0. The topological polar surface area (TPSA) is 99.3 Å². The zero-order valence-electron chi connectivity index (χ0n) is 15.6. The van der Waals surface area contributed by atoms with Gasteiger partial charge >= 0.3 is 6.18 Å². The largest absolute Gasteiger partial charge is 0.416 e. The van der Waals surface area contributed by atoms with E-state index in [9.17, 15) is 28.1 Å². The Balaban J connectivity index is 1.68. The quantitative estimate of drug-likeness (QED) is 0.588. The first-order valence-electron chi connectivity index (χ1n) is 9.10. The Morgan fingerprint density at radius 3 is 2.50 bits per heavy atom. The number of anilines is 2. The molecule has 1 aliphatic rings. The molecule has 0 spiro atoms. The van der Waals surface area contributed by atoms with Crippen LogP contribution in [0.2, 0.25) is 0 Å². The molecule has 1 fully saturated rings. The fourth-order valence-electron chi connectivity index (χ4n) is 3.41. The lowest BCUT2D eigenvalue weighted by Crippen LogP contribution is -2.38. The standard InChI is InChI=1S/C20H17F3N4O3/c21-20(22,23)15-4-5-17(18(11-15)27(29)30)26-8-6-14(7-9-26)19(28)25-16-3-1-2-13(10-16)12-24/h1-5,10-11,14H,6-9H2,(H,25,28). The van der Waals surface area contributed by atoms with Crippen LogP contribution in [0.25, 0.3) is 0 Å². The number of carbonyl (C=O) groups is 1. The molecule has 156 valence electrons. The first-order chi connectivity index (χ1) is 14.2. The third kappa shape index (κ3) is 4.68. The number of nitro benzene ring substituents is 1. The molecule has 0 bridgehead atoms. The highest BCUT2D eigenvalue weighted by atomic mass is 19.4. The Kier molecular flexibility index (Phi) is 5.91. The average Bonchev–Trinajstić information content (AvgIpc) is 2.73. The molecule has 1 saturated heterocycles. The van der Waals surface area contributed by atoms with Crippen molar-refractivity contribution in [2.75, 3.05) is 23.3 Å². The number of alkyl halides is 3. The van der Waals surface area contributed by atoms with Crippen LogP contribution in [0.15, 0.2) is 42.5 Å². The molecule has 1 N–H and O–H groups in total. The molecule has 10 heteroatoms. The number of piperidine rings is 1. The van der Waals surface area contributed by atoms with Gasteiger partial charge in [-0.25, -0.2) is 0 Å². The Morgan fingerprint density at radius 1 is 1.20 bits per heavy atom. The van der Waals surface area contributed by atoms with E-state index >= 15 is 0 Å². The molecular formula is C20H17F3N4O3. The van der Waals surface area contributed by atoms with Crippen molar-refractivity contribution in [1.29, 1.82) is 5.26 Å². The highest BCUT2D eigenvalue weighted by Gasteiger charge is 2.34. The fraction of sp³-hybridized carbons (Fsp3) is 0.300. The lowest BCUT2D eigenvalue weighted by molar-refractivity contribution is -0.384. The molecule has 3 rings (SSSR count). The number of nitro groups is 1. The van der Waals surface area contributed by atoms with Crippen LogP contribution in [0.1, 0.15) is 24.0 Å². The Bertz CT molecular complexity index is 1010. The summed E-state index contributed by atoms with van der Waals surface area (Å²) in [5.74, 6) is -0.577. The lowest BCUT2D eigenvalue weighted by atomic mass is 9.95. The summed E-state index contributed by atoms with van der Waals surface area (Å²) >= 11 is 0. The average molecular weight is 418 g/mol. The summed E-state index contributed by atoms with van der Waals surface area (Å²) in [6, 6.07) is 10.9. The van der Waals surface area contributed by atoms with Gasteiger partial charge in [-0.05, 0) is 43.2 Å². The number of nitrogens with one attached hydrogen (secondary N) is 1. The predicted molar refractivity (Wildman–Crippen MR) is 103 cm³/mol. The highest BCUT2D eigenvalue weighted by molar-refractivity contribution is 5.92. The SMILES string of the molecule is N#Cc1cccc(NC(=O)C2CCN(c3ccc(C(F)(F)F)cc3[N+](=O)[O-])CC2)c1. The van der Waals surface area contributed by atoms with Crippen LogP contribution in [-0.2, 0) is 11.0 Å². The molecule has 0 radical (unpaired) electrons. The van der Waals surface area contributed by atoms with Gasteiger partial charge in [-0.3, -0.25) is 14.9 Å². The van der Waals surface area contributed by atoms with Gasteiger partial charge in [0.15, 0.2) is 0 Å². The van der Waals surface area contributed by atoms with Crippen LogP contribution in [-0.4, -0.2) is 23.9 Å². The molecular weight excluding hydrogens is 401 g/mol. The Morgan fingerprint density at radius 2 is 1.90 bits per heavy atom. The van der Waals surface area contributed by atoms with Crippen molar-refractivity contribution in [1.82, 2.24) is 0 Å². The third-order valence-corrected chi connectivity index (χ3v) is 4.97. The van der Waals surface area contributed by atoms with Crippen molar-refractivity contribution >= 4 is 23.0 Å². The molecule has 0 aliphatic carbocycles. The highest BCUT2D eigenvalue weighted by Crippen LogP contribution is 2.37. The van der Waals surface area contributed by atoms with Crippen LogP contribution in [0.3, 0.4) is 0 Å². The normalized spacial score (nSPS) is 14.8. The number of hydrogen-bond acceptors (Lipinski definition) is 5. The number of hydrogen-bond donors (Lipinski definition) is 1. The molecule has 30 heavy (non-hydrogen) atoms. The van der Waals surface area contributed by atoms with Crippen molar-refractivity contribution in [3.05, 3.63) is 63.7 Å². The summed E-state index contributed by atoms with van der Waals surface area (Å²) in [7, 11) is 0. The zero-order chi connectivity index (χ0) is 21.9.